The van der Waals surface area contributed by atoms with E-state index in [1.165, 1.54) is 0 Å². The first-order valence-corrected chi connectivity index (χ1v) is 9.68. The Labute approximate surface area is 171 Å². The molecule has 0 radical (unpaired) electrons. The average Bonchev–Trinajstić information content (AvgIpc) is 2.73. The van der Waals surface area contributed by atoms with Gasteiger partial charge in [0.05, 0.1) is 20.8 Å². The van der Waals surface area contributed by atoms with Crippen molar-refractivity contribution < 1.29 is 23.8 Å². The van der Waals surface area contributed by atoms with Gasteiger partial charge in [0, 0.05) is 5.92 Å². The van der Waals surface area contributed by atoms with Crippen molar-refractivity contribution in [1.82, 2.24) is 0 Å². The fraction of sp³-hybridized carbons (Fsp3) is 0.333. The maximum atomic E-state index is 13.0. The molecule has 0 spiro atoms. The number of ether oxygens (including phenoxy) is 3. The quantitative estimate of drug-likeness (QED) is 0.539. The van der Waals surface area contributed by atoms with Gasteiger partial charge in [0.25, 0.3) is 0 Å². The van der Waals surface area contributed by atoms with Crippen molar-refractivity contribution in [2.75, 3.05) is 20.8 Å². The minimum Gasteiger partial charge on any atom is -0.493 e. The second-order valence-electron chi connectivity index (χ2n) is 7.09. The molecule has 0 aliphatic heterocycles. The second kappa shape index (κ2) is 8.95. The number of aryl methyl sites for hydroxylation is 1. The number of rotatable bonds is 6. The fourth-order valence-corrected chi connectivity index (χ4v) is 3.75. The van der Waals surface area contributed by atoms with Crippen LogP contribution in [0.2, 0.25) is 0 Å². The van der Waals surface area contributed by atoms with Crippen LogP contribution in [-0.4, -0.2) is 32.6 Å². The van der Waals surface area contributed by atoms with Gasteiger partial charge < -0.3 is 14.2 Å². The van der Waals surface area contributed by atoms with E-state index in [9.17, 15) is 9.59 Å². The zero-order valence-electron chi connectivity index (χ0n) is 17.2. The molecular formula is C24H26O5. The Balaban J connectivity index is 2.03. The molecule has 0 N–H and O–H groups in total. The molecule has 2 aromatic rings. The van der Waals surface area contributed by atoms with Gasteiger partial charge in [-0.05, 0) is 55.2 Å². The first-order chi connectivity index (χ1) is 14.0. The number of methoxy groups -OCH3 is 2. The van der Waals surface area contributed by atoms with E-state index in [1.54, 1.807) is 27.2 Å². The number of benzene rings is 2. The van der Waals surface area contributed by atoms with Crippen LogP contribution in [0.3, 0.4) is 0 Å². The lowest BCUT2D eigenvalue weighted by atomic mass is 9.73. The molecule has 152 valence electrons. The van der Waals surface area contributed by atoms with Crippen LogP contribution >= 0.6 is 0 Å². The molecule has 0 saturated heterocycles. The average molecular weight is 394 g/mol. The molecule has 0 bridgehead atoms. The van der Waals surface area contributed by atoms with Gasteiger partial charge in [-0.3, -0.25) is 9.59 Å². The summed E-state index contributed by atoms with van der Waals surface area (Å²) in [4.78, 5) is 25.6. The molecular weight excluding hydrogens is 368 g/mol. The maximum Gasteiger partial charge on any atom is 0.317 e. The summed E-state index contributed by atoms with van der Waals surface area (Å²) in [7, 11) is 3.16. The number of carbonyl (C=O) groups is 2. The van der Waals surface area contributed by atoms with Gasteiger partial charge in [0.2, 0.25) is 0 Å². The van der Waals surface area contributed by atoms with Crippen LogP contribution in [0.15, 0.2) is 48.5 Å². The molecule has 0 fully saturated rings. The molecule has 3 rings (SSSR count). The lowest BCUT2D eigenvalue weighted by Gasteiger charge is -2.29. The Morgan fingerprint density at radius 3 is 2.34 bits per heavy atom. The molecule has 2 aromatic carbocycles. The van der Waals surface area contributed by atoms with E-state index >= 15 is 0 Å². The summed E-state index contributed by atoms with van der Waals surface area (Å²) in [5, 5.41) is 0. The smallest absolute Gasteiger partial charge is 0.317 e. The molecule has 1 aliphatic rings. The van der Waals surface area contributed by atoms with Crippen LogP contribution in [0.1, 0.15) is 36.0 Å². The zero-order valence-corrected chi connectivity index (χ0v) is 17.2. The Kier molecular flexibility index (Phi) is 6.37. The molecule has 1 aliphatic carbocycles. The monoisotopic (exact) mass is 394 g/mol. The van der Waals surface area contributed by atoms with Crippen LogP contribution < -0.4 is 9.47 Å². The van der Waals surface area contributed by atoms with Crippen molar-refractivity contribution >= 4 is 17.3 Å². The first-order valence-electron chi connectivity index (χ1n) is 9.68. The minimum atomic E-state index is -0.832. The van der Waals surface area contributed by atoms with Gasteiger partial charge in [-0.25, -0.2) is 0 Å². The third kappa shape index (κ3) is 4.34. The van der Waals surface area contributed by atoms with Crippen molar-refractivity contribution in [3.63, 3.8) is 0 Å². The van der Waals surface area contributed by atoms with Gasteiger partial charge in [0.1, 0.15) is 5.92 Å². The summed E-state index contributed by atoms with van der Waals surface area (Å²) in [6.45, 7) is 4.00. The Morgan fingerprint density at radius 2 is 1.72 bits per heavy atom. The Bertz CT molecular complexity index is 927. The highest BCUT2D eigenvalue weighted by atomic mass is 16.5. The number of carbonyl (C=O) groups excluding carboxylic acids is 2. The maximum absolute atomic E-state index is 13.0. The van der Waals surface area contributed by atoms with Gasteiger partial charge in [0.15, 0.2) is 17.3 Å². The molecule has 0 aromatic heterocycles. The standard InChI is InChI=1S/C24H26O5/c1-5-29-24(26)23-19(16-8-6-15(2)7-9-16)12-18(13-20(23)25)17-10-11-21(27-3)22(14-17)28-4/h6-11,13-14,19,23H,5,12H2,1-4H3/t19-,23-/m1/s1. The molecule has 5 nitrogen and oxygen atoms in total. The molecule has 0 heterocycles. The summed E-state index contributed by atoms with van der Waals surface area (Å²) in [6.07, 6.45) is 2.11. The number of hydrogen-bond acceptors (Lipinski definition) is 5. The molecule has 2 atom stereocenters. The van der Waals surface area contributed by atoms with Gasteiger partial charge in [-0.15, -0.1) is 0 Å². The highest BCUT2D eigenvalue weighted by Crippen LogP contribution is 2.42. The highest BCUT2D eigenvalue weighted by molar-refractivity contribution is 6.10. The van der Waals surface area contributed by atoms with Gasteiger partial charge >= 0.3 is 5.97 Å². The predicted molar refractivity (Wildman–Crippen MR) is 111 cm³/mol. The van der Waals surface area contributed by atoms with E-state index in [4.69, 9.17) is 14.2 Å². The topological polar surface area (TPSA) is 61.8 Å². The molecule has 0 unspecified atom stereocenters. The minimum absolute atomic E-state index is 0.231. The van der Waals surface area contributed by atoms with E-state index in [1.807, 2.05) is 49.4 Å². The van der Waals surface area contributed by atoms with E-state index in [0.29, 0.717) is 17.9 Å². The van der Waals surface area contributed by atoms with E-state index in [0.717, 1.165) is 22.3 Å². The fourth-order valence-electron chi connectivity index (χ4n) is 3.75. The van der Waals surface area contributed by atoms with Crippen molar-refractivity contribution in [1.29, 1.82) is 0 Å². The Hall–Kier alpha value is -3.08. The van der Waals surface area contributed by atoms with Crippen molar-refractivity contribution in [2.45, 2.75) is 26.2 Å². The van der Waals surface area contributed by atoms with Crippen LogP contribution in [0.25, 0.3) is 5.57 Å². The zero-order chi connectivity index (χ0) is 21.0. The lowest BCUT2D eigenvalue weighted by Crippen LogP contribution is -2.34. The summed E-state index contributed by atoms with van der Waals surface area (Å²) >= 11 is 0. The summed E-state index contributed by atoms with van der Waals surface area (Å²) in [6, 6.07) is 13.5. The van der Waals surface area contributed by atoms with Crippen molar-refractivity contribution in [2.24, 2.45) is 5.92 Å². The number of hydrogen-bond donors (Lipinski definition) is 0. The molecule has 29 heavy (non-hydrogen) atoms. The summed E-state index contributed by atoms with van der Waals surface area (Å²) in [5.41, 5.74) is 3.81. The van der Waals surface area contributed by atoms with Crippen molar-refractivity contribution in [3.05, 3.63) is 65.2 Å². The SMILES string of the molecule is CCOC(=O)[C@H]1C(=O)C=C(c2ccc(OC)c(OC)c2)C[C@@H]1c1ccc(C)cc1. The number of allylic oxidation sites excluding steroid dienone is 2. The van der Waals surface area contributed by atoms with Crippen molar-refractivity contribution in [3.8, 4) is 11.5 Å². The highest BCUT2D eigenvalue weighted by Gasteiger charge is 2.39. The third-order valence-corrected chi connectivity index (χ3v) is 5.27. The third-order valence-electron chi connectivity index (χ3n) is 5.27. The lowest BCUT2D eigenvalue weighted by molar-refractivity contribution is -0.151. The second-order valence-corrected chi connectivity index (χ2v) is 7.09. The largest absolute Gasteiger partial charge is 0.493 e. The van der Waals surface area contributed by atoms with E-state index < -0.39 is 11.9 Å². The van der Waals surface area contributed by atoms with Gasteiger partial charge in [-0.1, -0.05) is 35.9 Å². The normalized spacial score (nSPS) is 18.8. The number of ketones is 1. The van der Waals surface area contributed by atoms with Crippen LogP contribution in [0, 0.1) is 12.8 Å². The number of esters is 1. The van der Waals surface area contributed by atoms with Gasteiger partial charge in [-0.2, -0.15) is 0 Å². The van der Waals surface area contributed by atoms with Crippen LogP contribution in [0.4, 0.5) is 0 Å². The Morgan fingerprint density at radius 1 is 1.03 bits per heavy atom. The van der Waals surface area contributed by atoms with Crippen LogP contribution in [0.5, 0.6) is 11.5 Å². The molecule has 5 heteroatoms. The summed E-state index contributed by atoms with van der Waals surface area (Å²) in [5.74, 6) is -0.594. The predicted octanol–water partition coefficient (Wildman–Crippen LogP) is 4.33. The van der Waals surface area contributed by atoms with E-state index in [2.05, 4.69) is 0 Å². The summed E-state index contributed by atoms with van der Waals surface area (Å²) < 4.78 is 15.9. The van der Waals surface area contributed by atoms with E-state index in [-0.39, 0.29) is 18.3 Å². The molecule has 0 amide bonds. The molecule has 0 saturated carbocycles. The van der Waals surface area contributed by atoms with Crippen LogP contribution in [-0.2, 0) is 14.3 Å². The first kappa shape index (κ1) is 20.6.